The first-order valence-corrected chi connectivity index (χ1v) is 8.86. The number of aliphatic hydroxyl groups excluding tert-OH is 1. The van der Waals surface area contributed by atoms with Gasteiger partial charge < -0.3 is 15.2 Å². The first kappa shape index (κ1) is 16.0. The monoisotopic (exact) mass is 351 g/mol. The molecule has 2 unspecified atom stereocenters. The van der Waals surface area contributed by atoms with Crippen LogP contribution in [0.25, 0.3) is 10.8 Å². The van der Waals surface area contributed by atoms with Crippen LogP contribution in [0.1, 0.15) is 10.8 Å². The molecule has 0 aromatic heterocycles. The van der Waals surface area contributed by atoms with Crippen LogP contribution >= 0.6 is 11.8 Å². The Morgan fingerprint density at radius 3 is 2.56 bits per heavy atom. The van der Waals surface area contributed by atoms with Crippen LogP contribution in [-0.2, 0) is 4.79 Å². The van der Waals surface area contributed by atoms with Crippen molar-refractivity contribution in [2.75, 3.05) is 12.4 Å². The van der Waals surface area contributed by atoms with Crippen LogP contribution in [0.4, 0.5) is 5.69 Å². The summed E-state index contributed by atoms with van der Waals surface area (Å²) in [4.78, 5) is 13.4. The zero-order valence-electron chi connectivity index (χ0n) is 13.6. The molecule has 5 heteroatoms. The molecule has 3 aromatic rings. The van der Waals surface area contributed by atoms with Gasteiger partial charge in [-0.1, -0.05) is 42.5 Å². The predicted octanol–water partition coefficient (Wildman–Crippen LogP) is 3.99. The van der Waals surface area contributed by atoms with E-state index in [0.717, 1.165) is 32.7 Å². The van der Waals surface area contributed by atoms with E-state index < -0.39 is 11.4 Å². The number of fused-ring (bicyclic) bond motifs is 3. The largest absolute Gasteiger partial charge is 0.497 e. The number of nitrogens with one attached hydrogen (secondary N) is 1. The Morgan fingerprint density at radius 2 is 1.80 bits per heavy atom. The molecule has 0 bridgehead atoms. The third kappa shape index (κ3) is 2.86. The van der Waals surface area contributed by atoms with Crippen molar-refractivity contribution in [3.8, 4) is 5.75 Å². The number of amides is 1. The van der Waals surface area contributed by atoms with E-state index in [-0.39, 0.29) is 5.91 Å². The highest BCUT2D eigenvalue weighted by Gasteiger charge is 2.33. The van der Waals surface area contributed by atoms with Gasteiger partial charge in [-0.15, -0.1) is 11.8 Å². The maximum Gasteiger partial charge on any atom is 0.254 e. The summed E-state index contributed by atoms with van der Waals surface area (Å²) in [5, 5.41) is 15.2. The van der Waals surface area contributed by atoms with E-state index in [0.29, 0.717) is 0 Å². The second-order valence-corrected chi connectivity index (χ2v) is 7.06. The molecule has 126 valence electrons. The maximum absolute atomic E-state index is 12.4. The van der Waals surface area contributed by atoms with E-state index in [1.54, 1.807) is 7.11 Å². The molecule has 0 saturated heterocycles. The van der Waals surface area contributed by atoms with Gasteiger partial charge in [-0.05, 0) is 34.5 Å². The molecule has 4 rings (SSSR count). The van der Waals surface area contributed by atoms with Gasteiger partial charge in [-0.25, -0.2) is 0 Å². The minimum absolute atomic E-state index is 0.387. The molecule has 2 atom stereocenters. The number of methoxy groups -OCH3 is 1. The summed E-state index contributed by atoms with van der Waals surface area (Å²) in [7, 11) is 1.61. The van der Waals surface area contributed by atoms with Gasteiger partial charge in [0, 0.05) is 4.90 Å². The molecule has 0 fully saturated rings. The Balaban J connectivity index is 1.83. The summed E-state index contributed by atoms with van der Waals surface area (Å²) >= 11 is 1.51. The maximum atomic E-state index is 12.4. The van der Waals surface area contributed by atoms with Crippen LogP contribution in [0.15, 0.2) is 65.6 Å². The molecule has 3 aromatic carbocycles. The lowest BCUT2D eigenvalue weighted by molar-refractivity contribution is -0.124. The molecule has 0 saturated carbocycles. The molecule has 1 aliphatic heterocycles. The fourth-order valence-electron chi connectivity index (χ4n) is 3.05. The molecule has 25 heavy (non-hydrogen) atoms. The molecule has 0 radical (unpaired) electrons. The highest BCUT2D eigenvalue weighted by Crippen LogP contribution is 2.47. The number of carbonyl (C=O) groups excluding carboxylic acids is 1. The molecular weight excluding hydrogens is 334 g/mol. The fourth-order valence-corrected chi connectivity index (χ4v) is 4.41. The number of rotatable bonds is 2. The number of benzene rings is 3. The third-order valence-electron chi connectivity index (χ3n) is 4.38. The van der Waals surface area contributed by atoms with Gasteiger partial charge >= 0.3 is 0 Å². The van der Waals surface area contributed by atoms with Crippen molar-refractivity contribution in [3.05, 3.63) is 66.2 Å². The minimum atomic E-state index is -1.13. The number of anilines is 1. The van der Waals surface area contributed by atoms with Crippen molar-refractivity contribution in [2.24, 2.45) is 0 Å². The van der Waals surface area contributed by atoms with Gasteiger partial charge in [0.1, 0.15) is 11.9 Å². The highest BCUT2D eigenvalue weighted by molar-refractivity contribution is 8.00. The molecule has 4 nitrogen and oxygen atoms in total. The lowest BCUT2D eigenvalue weighted by atomic mass is 10.1. The van der Waals surface area contributed by atoms with Crippen molar-refractivity contribution in [3.63, 3.8) is 0 Å². The average Bonchev–Trinajstić information content (AvgIpc) is 2.79. The lowest BCUT2D eigenvalue weighted by Crippen LogP contribution is -2.30. The quantitative estimate of drug-likeness (QED) is 0.733. The minimum Gasteiger partial charge on any atom is -0.497 e. The zero-order chi connectivity index (χ0) is 17.4. The van der Waals surface area contributed by atoms with Crippen LogP contribution in [0.5, 0.6) is 5.75 Å². The standard InChI is InChI=1S/C20H17NO3S/c1-24-14-9-6-13(7-10-14)18-17(22)20(23)21-16-11-8-12-4-2-3-5-15(12)19(16)25-18/h2-11,17-18,22H,1H3,(H,21,23). The van der Waals surface area contributed by atoms with Gasteiger partial charge in [0.15, 0.2) is 0 Å². The Kier molecular flexibility index (Phi) is 4.11. The summed E-state index contributed by atoms with van der Waals surface area (Å²) in [6, 6.07) is 19.4. The van der Waals surface area contributed by atoms with Crippen molar-refractivity contribution >= 4 is 34.1 Å². The van der Waals surface area contributed by atoms with Crippen molar-refractivity contribution < 1.29 is 14.6 Å². The molecule has 0 spiro atoms. The van der Waals surface area contributed by atoms with Crippen molar-refractivity contribution in [1.29, 1.82) is 0 Å². The number of hydrogen-bond acceptors (Lipinski definition) is 4. The predicted molar refractivity (Wildman–Crippen MR) is 100 cm³/mol. The Bertz CT molecular complexity index is 939. The Hall–Kier alpha value is -2.50. The number of carbonyl (C=O) groups is 1. The smallest absolute Gasteiger partial charge is 0.254 e. The molecule has 0 aliphatic carbocycles. The second kappa shape index (κ2) is 6.43. The number of hydrogen-bond donors (Lipinski definition) is 2. The van der Waals surface area contributed by atoms with Crippen LogP contribution in [-0.4, -0.2) is 24.2 Å². The van der Waals surface area contributed by atoms with E-state index >= 15 is 0 Å². The van der Waals surface area contributed by atoms with Crippen LogP contribution in [0.2, 0.25) is 0 Å². The lowest BCUT2D eigenvalue weighted by Gasteiger charge is -2.19. The van der Waals surface area contributed by atoms with E-state index in [4.69, 9.17) is 4.74 Å². The molecule has 1 amide bonds. The third-order valence-corrected chi connectivity index (χ3v) is 5.84. The van der Waals surface area contributed by atoms with Crippen LogP contribution in [0, 0.1) is 0 Å². The Morgan fingerprint density at radius 1 is 1.04 bits per heavy atom. The van der Waals surface area contributed by atoms with E-state index in [1.165, 1.54) is 11.8 Å². The summed E-state index contributed by atoms with van der Waals surface area (Å²) in [5.41, 5.74) is 1.62. The molecule has 2 N–H and O–H groups in total. The normalized spacial score (nSPS) is 19.8. The molecule has 1 heterocycles. The average molecular weight is 351 g/mol. The summed E-state index contributed by atoms with van der Waals surface area (Å²) in [5.74, 6) is 0.356. The summed E-state index contributed by atoms with van der Waals surface area (Å²) < 4.78 is 5.19. The summed E-state index contributed by atoms with van der Waals surface area (Å²) in [6.45, 7) is 0. The van der Waals surface area contributed by atoms with E-state index in [9.17, 15) is 9.90 Å². The first-order valence-electron chi connectivity index (χ1n) is 7.98. The number of ether oxygens (including phenoxy) is 1. The van der Waals surface area contributed by atoms with E-state index in [1.807, 2.05) is 60.7 Å². The van der Waals surface area contributed by atoms with Gasteiger partial charge in [-0.3, -0.25) is 4.79 Å². The van der Waals surface area contributed by atoms with Gasteiger partial charge in [0.2, 0.25) is 0 Å². The zero-order valence-corrected chi connectivity index (χ0v) is 14.4. The number of thioether (sulfide) groups is 1. The van der Waals surface area contributed by atoms with Gasteiger partial charge in [0.05, 0.1) is 18.0 Å². The topological polar surface area (TPSA) is 58.6 Å². The van der Waals surface area contributed by atoms with Crippen LogP contribution < -0.4 is 10.1 Å². The van der Waals surface area contributed by atoms with Gasteiger partial charge in [-0.2, -0.15) is 0 Å². The van der Waals surface area contributed by atoms with Crippen molar-refractivity contribution in [1.82, 2.24) is 0 Å². The van der Waals surface area contributed by atoms with E-state index in [2.05, 4.69) is 5.32 Å². The fraction of sp³-hybridized carbons (Fsp3) is 0.150. The SMILES string of the molecule is COc1ccc(C2Sc3c(ccc4ccccc34)NC(=O)C2O)cc1. The van der Waals surface area contributed by atoms with Crippen molar-refractivity contribution in [2.45, 2.75) is 16.2 Å². The van der Waals surface area contributed by atoms with Crippen LogP contribution in [0.3, 0.4) is 0 Å². The summed E-state index contributed by atoms with van der Waals surface area (Å²) in [6.07, 6.45) is -1.13. The first-order chi connectivity index (χ1) is 12.2. The second-order valence-electron chi connectivity index (χ2n) is 5.91. The van der Waals surface area contributed by atoms with Gasteiger partial charge in [0.25, 0.3) is 5.91 Å². The molecule has 1 aliphatic rings. The Labute approximate surface area is 149 Å². The molecular formula is C20H17NO3S. The number of aliphatic hydroxyl groups is 1. The highest BCUT2D eigenvalue weighted by atomic mass is 32.2.